The van der Waals surface area contributed by atoms with Gasteiger partial charge in [0.2, 0.25) is 11.8 Å². The predicted octanol–water partition coefficient (Wildman–Crippen LogP) is -1.01. The first-order valence-electron chi connectivity index (χ1n) is 9.39. The maximum absolute atomic E-state index is 11.5. The maximum atomic E-state index is 11.5. The highest BCUT2D eigenvalue weighted by Crippen LogP contribution is 2.00. The Kier molecular flexibility index (Phi) is 16.7. The number of ketones is 1. The van der Waals surface area contributed by atoms with Crippen LogP contribution in [0.15, 0.2) is 0 Å². The summed E-state index contributed by atoms with van der Waals surface area (Å²) in [5, 5.41) is 13.9. The van der Waals surface area contributed by atoms with Gasteiger partial charge in [0.05, 0.1) is 45.6 Å². The summed E-state index contributed by atoms with van der Waals surface area (Å²) >= 11 is 0. The minimum absolute atomic E-state index is 0.0444. The van der Waals surface area contributed by atoms with Gasteiger partial charge in [-0.15, -0.1) is 0 Å². The van der Waals surface area contributed by atoms with Crippen LogP contribution in [0.5, 0.6) is 0 Å². The van der Waals surface area contributed by atoms with E-state index in [9.17, 15) is 19.2 Å². The summed E-state index contributed by atoms with van der Waals surface area (Å²) in [6, 6.07) is 0. The Morgan fingerprint density at radius 1 is 0.759 bits per heavy atom. The number of carboxylic acid groups (broad SMARTS) is 1. The molecule has 0 heterocycles. The fraction of sp³-hybridized carbons (Fsp3) is 0.778. The van der Waals surface area contributed by atoms with E-state index in [2.05, 4.69) is 10.6 Å². The van der Waals surface area contributed by atoms with Crippen LogP contribution in [-0.2, 0) is 38.1 Å². The van der Waals surface area contributed by atoms with Crippen molar-refractivity contribution in [2.45, 2.75) is 20.3 Å². The standard InChI is InChI=1S/C18H32N2O9/c1-14(18(24)25)11-16(22)19-3-5-26-8-10-29-13-17(23)20-4-6-27-7-9-28-12-15(2)21/h14H,3-13H2,1-2H3,(H,19,22)(H,20,23)(H,24,25)/t14-/m1/s1. The van der Waals surface area contributed by atoms with Crippen LogP contribution in [0.1, 0.15) is 20.3 Å². The molecule has 11 nitrogen and oxygen atoms in total. The summed E-state index contributed by atoms with van der Waals surface area (Å²) in [5.74, 6) is -2.41. The van der Waals surface area contributed by atoms with Crippen molar-refractivity contribution in [3.8, 4) is 0 Å². The zero-order chi connectivity index (χ0) is 21.9. The average Bonchev–Trinajstić information content (AvgIpc) is 2.65. The van der Waals surface area contributed by atoms with Gasteiger partial charge in [-0.25, -0.2) is 0 Å². The van der Waals surface area contributed by atoms with Crippen LogP contribution in [0.4, 0.5) is 0 Å². The highest BCUT2D eigenvalue weighted by Gasteiger charge is 2.15. The van der Waals surface area contributed by atoms with Gasteiger partial charge in [-0.2, -0.15) is 0 Å². The van der Waals surface area contributed by atoms with Crippen molar-refractivity contribution in [2.75, 3.05) is 65.9 Å². The van der Waals surface area contributed by atoms with Crippen LogP contribution in [0, 0.1) is 5.92 Å². The minimum atomic E-state index is -1.01. The smallest absolute Gasteiger partial charge is 0.306 e. The number of hydrogen-bond acceptors (Lipinski definition) is 8. The van der Waals surface area contributed by atoms with Crippen molar-refractivity contribution < 1.29 is 43.2 Å². The van der Waals surface area contributed by atoms with E-state index in [4.69, 9.17) is 24.1 Å². The Morgan fingerprint density at radius 2 is 1.24 bits per heavy atom. The van der Waals surface area contributed by atoms with Crippen molar-refractivity contribution in [1.82, 2.24) is 10.6 Å². The van der Waals surface area contributed by atoms with Gasteiger partial charge in [0, 0.05) is 19.5 Å². The molecule has 0 aliphatic rings. The monoisotopic (exact) mass is 420 g/mol. The molecule has 0 saturated heterocycles. The van der Waals surface area contributed by atoms with Gasteiger partial charge in [0.25, 0.3) is 0 Å². The number of Topliss-reactive ketones (excluding diaryl/α,β-unsaturated/α-hetero) is 1. The van der Waals surface area contributed by atoms with E-state index in [0.29, 0.717) is 26.4 Å². The molecule has 168 valence electrons. The van der Waals surface area contributed by atoms with Crippen molar-refractivity contribution in [3.63, 3.8) is 0 Å². The molecule has 0 saturated carbocycles. The van der Waals surface area contributed by atoms with Gasteiger partial charge >= 0.3 is 5.97 Å². The van der Waals surface area contributed by atoms with Crippen LogP contribution in [0.25, 0.3) is 0 Å². The van der Waals surface area contributed by atoms with E-state index in [1.807, 2.05) is 0 Å². The number of nitrogens with one attached hydrogen (secondary N) is 2. The summed E-state index contributed by atoms with van der Waals surface area (Å²) < 4.78 is 20.6. The number of ether oxygens (including phenoxy) is 4. The normalized spacial score (nSPS) is 11.7. The van der Waals surface area contributed by atoms with Crippen LogP contribution in [-0.4, -0.2) is 94.6 Å². The number of rotatable bonds is 19. The minimum Gasteiger partial charge on any atom is -0.481 e. The van der Waals surface area contributed by atoms with Crippen LogP contribution in [0.2, 0.25) is 0 Å². The molecular weight excluding hydrogens is 388 g/mol. The molecular formula is C18H32N2O9. The molecule has 3 N–H and O–H groups in total. The fourth-order valence-corrected chi connectivity index (χ4v) is 1.83. The average molecular weight is 420 g/mol. The zero-order valence-electron chi connectivity index (χ0n) is 17.1. The number of carbonyl (C=O) groups is 4. The molecule has 0 bridgehead atoms. The van der Waals surface area contributed by atoms with E-state index < -0.39 is 11.9 Å². The molecule has 0 aromatic rings. The third kappa shape index (κ3) is 19.0. The molecule has 1 atom stereocenters. The molecule has 29 heavy (non-hydrogen) atoms. The Hall–Kier alpha value is -2.08. The van der Waals surface area contributed by atoms with Gasteiger partial charge in [0.15, 0.2) is 5.78 Å². The van der Waals surface area contributed by atoms with Gasteiger partial charge in [-0.3, -0.25) is 19.2 Å². The largest absolute Gasteiger partial charge is 0.481 e. The Labute approximate surface area is 170 Å². The van der Waals surface area contributed by atoms with E-state index in [1.54, 1.807) is 0 Å². The highest BCUT2D eigenvalue weighted by atomic mass is 16.5. The summed E-state index contributed by atoms with van der Waals surface area (Å²) in [6.07, 6.45) is -0.0771. The lowest BCUT2D eigenvalue weighted by atomic mass is 10.1. The van der Waals surface area contributed by atoms with Crippen molar-refractivity contribution in [1.29, 1.82) is 0 Å². The first-order chi connectivity index (χ1) is 13.8. The molecule has 0 aliphatic heterocycles. The van der Waals surface area contributed by atoms with E-state index in [-0.39, 0.29) is 63.6 Å². The van der Waals surface area contributed by atoms with Gasteiger partial charge < -0.3 is 34.7 Å². The third-order valence-corrected chi connectivity index (χ3v) is 3.33. The summed E-state index contributed by atoms with van der Waals surface area (Å²) in [5.41, 5.74) is 0. The fourth-order valence-electron chi connectivity index (χ4n) is 1.83. The van der Waals surface area contributed by atoms with Gasteiger partial charge in [-0.05, 0) is 6.92 Å². The van der Waals surface area contributed by atoms with E-state index in [1.165, 1.54) is 13.8 Å². The van der Waals surface area contributed by atoms with Crippen LogP contribution < -0.4 is 10.6 Å². The molecule has 0 aliphatic carbocycles. The number of carboxylic acids is 1. The lowest BCUT2D eigenvalue weighted by Crippen LogP contribution is -2.31. The summed E-state index contributed by atoms with van der Waals surface area (Å²) in [7, 11) is 0. The summed E-state index contributed by atoms with van der Waals surface area (Å²) in [6.45, 7) is 5.22. The van der Waals surface area contributed by atoms with E-state index >= 15 is 0 Å². The first kappa shape index (κ1) is 26.9. The first-order valence-corrected chi connectivity index (χ1v) is 9.39. The van der Waals surface area contributed by atoms with Crippen LogP contribution in [0.3, 0.4) is 0 Å². The molecule has 0 rings (SSSR count). The number of amides is 2. The highest BCUT2D eigenvalue weighted by molar-refractivity contribution is 5.81. The molecule has 0 unspecified atom stereocenters. The van der Waals surface area contributed by atoms with Crippen molar-refractivity contribution in [3.05, 3.63) is 0 Å². The number of aliphatic carboxylic acids is 1. The second-order valence-corrected chi connectivity index (χ2v) is 6.18. The zero-order valence-corrected chi connectivity index (χ0v) is 17.1. The molecule has 0 radical (unpaired) electrons. The molecule has 0 spiro atoms. The molecule has 11 heteroatoms. The van der Waals surface area contributed by atoms with Gasteiger partial charge in [0.1, 0.15) is 13.2 Å². The van der Waals surface area contributed by atoms with Crippen molar-refractivity contribution >= 4 is 23.6 Å². The topological polar surface area (TPSA) is 149 Å². The van der Waals surface area contributed by atoms with E-state index in [0.717, 1.165) is 0 Å². The van der Waals surface area contributed by atoms with Gasteiger partial charge in [-0.1, -0.05) is 6.92 Å². The maximum Gasteiger partial charge on any atom is 0.306 e. The number of carbonyl (C=O) groups excluding carboxylic acids is 3. The quantitative estimate of drug-likeness (QED) is 0.223. The predicted molar refractivity (Wildman–Crippen MR) is 101 cm³/mol. The molecule has 0 aromatic carbocycles. The SMILES string of the molecule is CC(=O)COCCOCCNC(=O)COCCOCCNC(=O)C[C@@H](C)C(=O)O. The number of hydrogen-bond donors (Lipinski definition) is 3. The molecule has 2 amide bonds. The summed E-state index contributed by atoms with van der Waals surface area (Å²) in [4.78, 5) is 44.2. The Balaban J connectivity index is 3.36. The Morgan fingerprint density at radius 3 is 1.76 bits per heavy atom. The van der Waals surface area contributed by atoms with Crippen molar-refractivity contribution in [2.24, 2.45) is 5.92 Å². The second-order valence-electron chi connectivity index (χ2n) is 6.18. The molecule has 0 aromatic heterocycles. The molecule has 0 fully saturated rings. The Bertz CT molecular complexity index is 500. The van der Waals surface area contributed by atoms with Crippen LogP contribution >= 0.6 is 0 Å². The third-order valence-electron chi connectivity index (χ3n) is 3.33. The lowest BCUT2D eigenvalue weighted by Gasteiger charge is -2.09. The second kappa shape index (κ2) is 18.0. The lowest BCUT2D eigenvalue weighted by molar-refractivity contribution is -0.143.